The van der Waals surface area contributed by atoms with Gasteiger partial charge >= 0.3 is 5.97 Å². The minimum absolute atomic E-state index is 0.111. The van der Waals surface area contributed by atoms with Crippen molar-refractivity contribution in [3.8, 4) is 0 Å². The summed E-state index contributed by atoms with van der Waals surface area (Å²) in [5.41, 5.74) is 0. The lowest BCUT2D eigenvalue weighted by Gasteiger charge is -2.21. The van der Waals surface area contributed by atoms with Crippen LogP contribution < -0.4 is 5.32 Å². The number of nitrogens with one attached hydrogen (secondary N) is 1. The number of carbonyl (C=O) groups is 2. The lowest BCUT2D eigenvalue weighted by molar-refractivity contribution is -0.143. The molecule has 0 unspecified atom stereocenters. The van der Waals surface area contributed by atoms with Gasteiger partial charge in [0.05, 0.1) is 5.92 Å². The minimum Gasteiger partial charge on any atom is -0.481 e. The fraction of sp³-hybridized carbons (Fsp3) is 0.714. The van der Waals surface area contributed by atoms with Crippen molar-refractivity contribution in [1.82, 2.24) is 10.2 Å². The number of aliphatic carboxylic acids is 1. The maximum atomic E-state index is 9.94. The molecule has 1 saturated heterocycles. The summed E-state index contributed by atoms with van der Waals surface area (Å²) in [6.45, 7) is 1.30. The molecule has 0 aromatic rings. The second-order valence-electron chi connectivity index (χ2n) is 2.76. The molecular weight excluding hydrogens is 160 g/mol. The summed E-state index contributed by atoms with van der Waals surface area (Å²) < 4.78 is 0. The Bertz CT molecular complexity index is 155. The molecule has 0 aromatic carbocycles. The van der Waals surface area contributed by atoms with Crippen LogP contribution in [0.1, 0.15) is 0 Å². The molecular formula is C7H14N2O3. The predicted octanol–water partition coefficient (Wildman–Crippen LogP) is -1.01. The van der Waals surface area contributed by atoms with E-state index in [1.54, 1.807) is 14.1 Å². The van der Waals surface area contributed by atoms with Crippen molar-refractivity contribution in [2.75, 3.05) is 27.2 Å². The van der Waals surface area contributed by atoms with E-state index in [1.165, 1.54) is 4.90 Å². The highest BCUT2D eigenvalue weighted by molar-refractivity contribution is 5.71. The standard InChI is InChI=1S/C4H7NO2.C3H7NO/c6-4(7)3-1-5-2-3;1-4(2)3-5/h3,5H,1-2H2,(H,6,7);3H,1-2H3. The molecule has 5 nitrogen and oxygen atoms in total. The molecule has 1 amide bonds. The number of rotatable bonds is 2. The van der Waals surface area contributed by atoms with Crippen molar-refractivity contribution in [2.45, 2.75) is 0 Å². The van der Waals surface area contributed by atoms with Gasteiger partial charge in [0, 0.05) is 27.2 Å². The molecule has 0 spiro atoms. The highest BCUT2D eigenvalue weighted by Crippen LogP contribution is 2.00. The molecule has 0 atom stereocenters. The number of carboxylic acids is 1. The zero-order chi connectivity index (χ0) is 9.56. The van der Waals surface area contributed by atoms with Crippen molar-refractivity contribution < 1.29 is 14.7 Å². The highest BCUT2D eigenvalue weighted by Gasteiger charge is 2.23. The van der Waals surface area contributed by atoms with Gasteiger partial charge in [-0.15, -0.1) is 0 Å². The second kappa shape index (κ2) is 5.54. The smallest absolute Gasteiger partial charge is 0.309 e. The first kappa shape index (κ1) is 10.9. The molecule has 5 heteroatoms. The predicted molar refractivity (Wildman–Crippen MR) is 43.7 cm³/mol. The Balaban J connectivity index is 0.000000217. The molecule has 12 heavy (non-hydrogen) atoms. The van der Waals surface area contributed by atoms with Crippen LogP contribution in [0.15, 0.2) is 0 Å². The summed E-state index contributed by atoms with van der Waals surface area (Å²) in [4.78, 5) is 20.8. The summed E-state index contributed by atoms with van der Waals surface area (Å²) in [6, 6.07) is 0. The topological polar surface area (TPSA) is 69.6 Å². The van der Waals surface area contributed by atoms with Crippen molar-refractivity contribution >= 4 is 12.4 Å². The van der Waals surface area contributed by atoms with Gasteiger partial charge in [-0.25, -0.2) is 0 Å². The van der Waals surface area contributed by atoms with Crippen LogP contribution in [0.2, 0.25) is 0 Å². The number of hydrogen-bond donors (Lipinski definition) is 2. The first-order valence-corrected chi connectivity index (χ1v) is 3.63. The molecule has 0 aromatic heterocycles. The molecule has 0 aliphatic carbocycles. The van der Waals surface area contributed by atoms with E-state index in [2.05, 4.69) is 5.32 Å². The van der Waals surface area contributed by atoms with Crippen LogP contribution in [0.5, 0.6) is 0 Å². The monoisotopic (exact) mass is 174 g/mol. The van der Waals surface area contributed by atoms with Gasteiger partial charge in [0.2, 0.25) is 6.41 Å². The molecule has 1 fully saturated rings. The normalized spacial score (nSPS) is 15.2. The first-order valence-electron chi connectivity index (χ1n) is 3.63. The fourth-order valence-corrected chi connectivity index (χ4v) is 0.463. The summed E-state index contributed by atoms with van der Waals surface area (Å²) in [7, 11) is 3.38. The van der Waals surface area contributed by atoms with Crippen molar-refractivity contribution in [3.63, 3.8) is 0 Å². The fourth-order valence-electron chi connectivity index (χ4n) is 0.463. The lowest BCUT2D eigenvalue weighted by atomic mass is 10.1. The number of carboxylic acid groups (broad SMARTS) is 1. The second-order valence-corrected chi connectivity index (χ2v) is 2.76. The van der Waals surface area contributed by atoms with Crippen LogP contribution in [-0.2, 0) is 9.59 Å². The minimum atomic E-state index is -0.682. The SMILES string of the molecule is CN(C)C=O.O=C(O)C1CNC1. The van der Waals surface area contributed by atoms with Crippen molar-refractivity contribution in [2.24, 2.45) is 5.92 Å². The quantitative estimate of drug-likeness (QED) is 0.526. The Labute approximate surface area is 71.4 Å². The van der Waals surface area contributed by atoms with Crippen LogP contribution in [-0.4, -0.2) is 49.6 Å². The van der Waals surface area contributed by atoms with Gasteiger partial charge in [-0.1, -0.05) is 0 Å². The number of nitrogens with zero attached hydrogens (tertiary/aromatic N) is 1. The maximum absolute atomic E-state index is 9.94. The van der Waals surface area contributed by atoms with Gasteiger partial charge in [-0.3, -0.25) is 9.59 Å². The van der Waals surface area contributed by atoms with E-state index in [4.69, 9.17) is 5.11 Å². The zero-order valence-corrected chi connectivity index (χ0v) is 7.28. The van der Waals surface area contributed by atoms with Gasteiger partial charge in [0.15, 0.2) is 0 Å². The molecule has 2 N–H and O–H groups in total. The van der Waals surface area contributed by atoms with Gasteiger partial charge in [-0.2, -0.15) is 0 Å². The average Bonchev–Trinajstić information content (AvgIpc) is 1.83. The van der Waals surface area contributed by atoms with Gasteiger partial charge < -0.3 is 15.3 Å². The van der Waals surface area contributed by atoms with E-state index in [0.29, 0.717) is 13.1 Å². The van der Waals surface area contributed by atoms with E-state index < -0.39 is 5.97 Å². The molecule has 1 rings (SSSR count). The molecule has 0 radical (unpaired) electrons. The average molecular weight is 174 g/mol. The van der Waals surface area contributed by atoms with E-state index in [-0.39, 0.29) is 5.92 Å². The lowest BCUT2D eigenvalue weighted by Crippen LogP contribution is -2.46. The molecule has 1 aliphatic heterocycles. The Hall–Kier alpha value is -1.10. The molecule has 1 heterocycles. The number of amides is 1. The third-order valence-corrected chi connectivity index (χ3v) is 1.34. The number of carbonyl (C=O) groups excluding carboxylic acids is 1. The van der Waals surface area contributed by atoms with Crippen molar-refractivity contribution in [1.29, 1.82) is 0 Å². The summed E-state index contributed by atoms with van der Waals surface area (Å²) >= 11 is 0. The Kier molecular flexibility index (Phi) is 5.03. The van der Waals surface area contributed by atoms with Crippen LogP contribution in [0.25, 0.3) is 0 Å². The van der Waals surface area contributed by atoms with E-state index in [0.717, 1.165) is 6.41 Å². The van der Waals surface area contributed by atoms with Crippen LogP contribution >= 0.6 is 0 Å². The number of hydrogen-bond acceptors (Lipinski definition) is 3. The highest BCUT2D eigenvalue weighted by atomic mass is 16.4. The molecule has 1 aliphatic rings. The van der Waals surface area contributed by atoms with E-state index >= 15 is 0 Å². The van der Waals surface area contributed by atoms with E-state index in [1.807, 2.05) is 0 Å². The summed E-state index contributed by atoms with van der Waals surface area (Å²) in [5, 5.41) is 11.1. The van der Waals surface area contributed by atoms with Gasteiger partial charge in [0.25, 0.3) is 0 Å². The largest absolute Gasteiger partial charge is 0.481 e. The summed E-state index contributed by atoms with van der Waals surface area (Å²) in [6.07, 6.45) is 0.750. The Morgan fingerprint density at radius 3 is 2.00 bits per heavy atom. The zero-order valence-electron chi connectivity index (χ0n) is 7.28. The maximum Gasteiger partial charge on any atom is 0.309 e. The third kappa shape index (κ3) is 4.68. The van der Waals surface area contributed by atoms with Gasteiger partial charge in [0.1, 0.15) is 0 Å². The van der Waals surface area contributed by atoms with Gasteiger partial charge in [-0.05, 0) is 0 Å². The van der Waals surface area contributed by atoms with Crippen LogP contribution in [0.4, 0.5) is 0 Å². The molecule has 70 valence electrons. The Morgan fingerprint density at radius 1 is 1.58 bits per heavy atom. The van der Waals surface area contributed by atoms with Crippen molar-refractivity contribution in [3.05, 3.63) is 0 Å². The summed E-state index contributed by atoms with van der Waals surface area (Å²) in [5.74, 6) is -0.793. The van der Waals surface area contributed by atoms with Crippen LogP contribution in [0.3, 0.4) is 0 Å². The van der Waals surface area contributed by atoms with Crippen LogP contribution in [0, 0.1) is 5.92 Å². The van der Waals surface area contributed by atoms with E-state index in [9.17, 15) is 9.59 Å². The first-order chi connectivity index (χ1) is 5.57. The Morgan fingerprint density at radius 2 is 2.00 bits per heavy atom. The molecule has 0 bridgehead atoms. The molecule has 0 saturated carbocycles. The third-order valence-electron chi connectivity index (χ3n) is 1.34.